The van der Waals surface area contributed by atoms with Crippen LogP contribution in [0.5, 0.6) is 0 Å². The number of benzene rings is 2. The van der Waals surface area contributed by atoms with Crippen molar-refractivity contribution in [2.45, 2.75) is 19.4 Å². The number of halogens is 1. The molecule has 3 aromatic rings. The lowest BCUT2D eigenvalue weighted by Gasteiger charge is -2.28. The summed E-state index contributed by atoms with van der Waals surface area (Å²) in [4.78, 5) is 19.2. The first-order valence-electron chi connectivity index (χ1n) is 9.47. The Morgan fingerprint density at radius 3 is 2.90 bits per heavy atom. The van der Waals surface area contributed by atoms with Gasteiger partial charge in [0.2, 0.25) is 0 Å². The van der Waals surface area contributed by atoms with Gasteiger partial charge in [0.15, 0.2) is 5.58 Å². The summed E-state index contributed by atoms with van der Waals surface area (Å²) in [7, 11) is 1.75. The minimum atomic E-state index is -0.198. The van der Waals surface area contributed by atoms with E-state index >= 15 is 0 Å². The van der Waals surface area contributed by atoms with Crippen molar-refractivity contribution >= 4 is 52.7 Å². The zero-order valence-corrected chi connectivity index (χ0v) is 17.5. The van der Waals surface area contributed by atoms with E-state index in [4.69, 9.17) is 21.4 Å². The van der Waals surface area contributed by atoms with Gasteiger partial charge >= 0.3 is 0 Å². The zero-order chi connectivity index (χ0) is 21.5. The van der Waals surface area contributed by atoms with Gasteiger partial charge < -0.3 is 20.0 Å². The number of anilines is 2. The molecule has 1 heterocycles. The summed E-state index contributed by atoms with van der Waals surface area (Å²) < 4.78 is 5.69. The van der Waals surface area contributed by atoms with E-state index in [0.29, 0.717) is 34.4 Å². The van der Waals surface area contributed by atoms with Gasteiger partial charge in [-0.1, -0.05) is 30.7 Å². The number of carbonyl (C=O) groups is 1. The molecule has 0 fully saturated rings. The van der Waals surface area contributed by atoms with Gasteiger partial charge in [-0.15, -0.1) is 0 Å². The summed E-state index contributed by atoms with van der Waals surface area (Å²) in [5.41, 5.74) is 5.17. The number of nitrogens with one attached hydrogen (secondary N) is 3. The van der Waals surface area contributed by atoms with E-state index in [1.807, 2.05) is 31.2 Å². The molecule has 3 N–H and O–H groups in total. The molecular weight excluding hydrogens is 404 g/mol. The first-order valence-corrected chi connectivity index (χ1v) is 9.85. The van der Waals surface area contributed by atoms with E-state index in [0.717, 1.165) is 18.2 Å². The zero-order valence-electron chi connectivity index (χ0n) is 16.7. The van der Waals surface area contributed by atoms with Gasteiger partial charge in [0, 0.05) is 30.9 Å². The van der Waals surface area contributed by atoms with Crippen LogP contribution in [0, 0.1) is 5.41 Å². The van der Waals surface area contributed by atoms with Crippen molar-refractivity contribution in [3.05, 3.63) is 53.1 Å². The number of fused-ring (bicyclic) bond motifs is 1. The Morgan fingerprint density at radius 1 is 1.37 bits per heavy atom. The highest BCUT2D eigenvalue weighted by molar-refractivity contribution is 6.31. The van der Waals surface area contributed by atoms with E-state index in [-0.39, 0.29) is 11.9 Å². The largest absolute Gasteiger partial charge is 0.424 e. The number of aromatic nitrogens is 1. The second-order valence-corrected chi connectivity index (χ2v) is 7.03. The summed E-state index contributed by atoms with van der Waals surface area (Å²) in [5, 5.41) is 14.5. The summed E-state index contributed by atoms with van der Waals surface area (Å²) in [6.45, 7) is 2.48. The molecule has 0 aliphatic rings. The summed E-state index contributed by atoms with van der Waals surface area (Å²) in [6, 6.07) is 12.8. The Balaban J connectivity index is 1.73. The Labute approximate surface area is 179 Å². The highest BCUT2D eigenvalue weighted by Crippen LogP contribution is 2.24. The molecule has 0 spiro atoms. The number of nitrogens with zero attached hydrogens (tertiary/aromatic N) is 3. The smallest absolute Gasteiger partial charge is 0.295 e. The van der Waals surface area contributed by atoms with Gasteiger partial charge in [0.1, 0.15) is 5.52 Å². The Hall–Kier alpha value is -3.39. The van der Waals surface area contributed by atoms with Gasteiger partial charge in [-0.05, 0) is 36.8 Å². The molecule has 1 atom stereocenters. The molecule has 8 nitrogen and oxygen atoms in total. The van der Waals surface area contributed by atoms with Crippen LogP contribution in [0.15, 0.2) is 52.0 Å². The molecular formula is C21H23ClN6O2. The lowest BCUT2D eigenvalue weighted by atomic mass is 10.1. The first-order chi connectivity index (χ1) is 14.5. The van der Waals surface area contributed by atoms with Gasteiger partial charge in [0.25, 0.3) is 11.9 Å². The molecule has 0 saturated carbocycles. The number of hydrogen-bond acceptors (Lipinski definition) is 7. The Bertz CT molecular complexity index is 1030. The van der Waals surface area contributed by atoms with Gasteiger partial charge in [-0.2, -0.15) is 10.1 Å². The molecule has 0 aliphatic heterocycles. The standard InChI is InChI=1S/C21H23ClN6O2/c1-3-15(13-24-21-26-18-6-4-5-7-19(18)30-21)28(2)20(29)16-12-14(22)8-9-17(16)27-25-11-10-23/h4-12,15,23,27H,3,13H2,1-2H3,(H,24,26)/b23-10?,25-11-. The third-order valence-electron chi connectivity index (χ3n) is 4.67. The van der Waals surface area contributed by atoms with Gasteiger partial charge in [-0.3, -0.25) is 10.2 Å². The summed E-state index contributed by atoms with van der Waals surface area (Å²) >= 11 is 6.11. The van der Waals surface area contributed by atoms with E-state index in [1.54, 1.807) is 30.1 Å². The normalized spacial score (nSPS) is 12.1. The van der Waals surface area contributed by atoms with Crippen molar-refractivity contribution < 1.29 is 9.21 Å². The lowest BCUT2D eigenvalue weighted by Crippen LogP contribution is -2.41. The van der Waals surface area contributed by atoms with Crippen LogP contribution in [0.2, 0.25) is 5.02 Å². The molecule has 1 amide bonds. The Morgan fingerprint density at radius 2 is 2.17 bits per heavy atom. The molecule has 2 aromatic carbocycles. The monoisotopic (exact) mass is 426 g/mol. The second-order valence-electron chi connectivity index (χ2n) is 6.59. The van der Waals surface area contributed by atoms with Crippen molar-refractivity contribution in [1.29, 1.82) is 5.41 Å². The fourth-order valence-electron chi connectivity index (χ4n) is 3.00. The molecule has 9 heteroatoms. The van der Waals surface area contributed by atoms with Crippen LogP contribution < -0.4 is 10.7 Å². The predicted molar refractivity (Wildman–Crippen MR) is 121 cm³/mol. The number of para-hydroxylation sites is 2. The average Bonchev–Trinajstić information content (AvgIpc) is 3.17. The molecule has 30 heavy (non-hydrogen) atoms. The SMILES string of the molecule is CCC(CNc1nc2ccccc2o1)N(C)C(=O)c1cc(Cl)ccc1N/N=C\C=N. The van der Waals surface area contributed by atoms with Crippen LogP contribution in [-0.4, -0.2) is 47.9 Å². The average molecular weight is 427 g/mol. The number of amides is 1. The minimum absolute atomic E-state index is 0.107. The molecule has 1 unspecified atom stereocenters. The van der Waals surface area contributed by atoms with Crippen LogP contribution in [0.1, 0.15) is 23.7 Å². The molecule has 0 saturated heterocycles. The van der Waals surface area contributed by atoms with Crippen LogP contribution in [-0.2, 0) is 0 Å². The first kappa shape index (κ1) is 21.3. The Kier molecular flexibility index (Phi) is 7.03. The van der Waals surface area contributed by atoms with Crippen molar-refractivity contribution in [2.24, 2.45) is 5.10 Å². The second kappa shape index (κ2) is 9.89. The number of hydrazone groups is 1. The quantitative estimate of drug-likeness (QED) is 0.345. The lowest BCUT2D eigenvalue weighted by molar-refractivity contribution is 0.0736. The number of rotatable bonds is 9. The highest BCUT2D eigenvalue weighted by atomic mass is 35.5. The fourth-order valence-corrected chi connectivity index (χ4v) is 3.17. The fraction of sp³-hybridized carbons (Fsp3) is 0.238. The van der Waals surface area contributed by atoms with E-state index in [9.17, 15) is 4.79 Å². The maximum Gasteiger partial charge on any atom is 0.295 e. The van der Waals surface area contributed by atoms with Crippen molar-refractivity contribution in [2.75, 3.05) is 24.3 Å². The van der Waals surface area contributed by atoms with E-state index < -0.39 is 0 Å². The molecule has 0 radical (unpaired) electrons. The van der Waals surface area contributed by atoms with Crippen LogP contribution in [0.3, 0.4) is 0 Å². The third kappa shape index (κ3) is 4.96. The maximum absolute atomic E-state index is 13.2. The minimum Gasteiger partial charge on any atom is -0.424 e. The van der Waals surface area contributed by atoms with Gasteiger partial charge in [0.05, 0.1) is 17.5 Å². The van der Waals surface area contributed by atoms with Crippen molar-refractivity contribution in [3.8, 4) is 0 Å². The molecule has 0 aliphatic carbocycles. The summed E-state index contributed by atoms with van der Waals surface area (Å²) in [5.74, 6) is -0.198. The van der Waals surface area contributed by atoms with Crippen molar-refractivity contribution in [3.63, 3.8) is 0 Å². The van der Waals surface area contributed by atoms with Crippen LogP contribution in [0.4, 0.5) is 11.7 Å². The number of likely N-dealkylation sites (N-methyl/N-ethyl adjacent to an activating group) is 1. The van der Waals surface area contributed by atoms with Crippen LogP contribution >= 0.6 is 11.6 Å². The topological polar surface area (TPSA) is 107 Å². The van der Waals surface area contributed by atoms with E-state index in [2.05, 4.69) is 20.8 Å². The molecule has 3 rings (SSSR count). The molecule has 156 valence electrons. The van der Waals surface area contributed by atoms with Crippen LogP contribution in [0.25, 0.3) is 11.1 Å². The molecule has 1 aromatic heterocycles. The maximum atomic E-state index is 13.2. The van der Waals surface area contributed by atoms with Crippen molar-refractivity contribution in [1.82, 2.24) is 9.88 Å². The number of hydrogen-bond donors (Lipinski definition) is 3. The highest BCUT2D eigenvalue weighted by Gasteiger charge is 2.23. The number of oxazole rings is 1. The van der Waals surface area contributed by atoms with E-state index in [1.165, 1.54) is 6.21 Å². The summed E-state index contributed by atoms with van der Waals surface area (Å²) in [6.07, 6.45) is 3.05. The predicted octanol–water partition coefficient (Wildman–Crippen LogP) is 4.49. The third-order valence-corrected chi connectivity index (χ3v) is 4.90. The molecule has 0 bridgehead atoms. The number of carbonyl (C=O) groups excluding carboxylic acids is 1. The van der Waals surface area contributed by atoms with Gasteiger partial charge in [-0.25, -0.2) is 0 Å².